The van der Waals surface area contributed by atoms with E-state index in [9.17, 15) is 13.2 Å². The molecule has 1 fully saturated rings. The Morgan fingerprint density at radius 2 is 1.94 bits per heavy atom. The summed E-state index contributed by atoms with van der Waals surface area (Å²) in [6.45, 7) is 2.82. The standard InChI is InChI=1S/C12H14F3IN2/c1-8-10(16)2-5-17-11(8)18-6-3-9(4-7-18)12(13,14)15/h2,5,9H,3-4,6-7H2,1H3. The van der Waals surface area contributed by atoms with Gasteiger partial charge in [-0.3, -0.25) is 0 Å². The quantitative estimate of drug-likeness (QED) is 0.700. The topological polar surface area (TPSA) is 16.1 Å². The molecule has 0 radical (unpaired) electrons. The molecule has 2 nitrogen and oxygen atoms in total. The number of anilines is 1. The summed E-state index contributed by atoms with van der Waals surface area (Å²) in [7, 11) is 0. The van der Waals surface area contributed by atoms with Crippen LogP contribution in [0.2, 0.25) is 0 Å². The van der Waals surface area contributed by atoms with Crippen LogP contribution in [0, 0.1) is 16.4 Å². The van der Waals surface area contributed by atoms with Crippen LogP contribution in [0.1, 0.15) is 18.4 Å². The molecule has 18 heavy (non-hydrogen) atoms. The number of alkyl halides is 3. The molecule has 6 heteroatoms. The second-order valence-corrected chi connectivity index (χ2v) is 5.71. The zero-order chi connectivity index (χ0) is 13.3. The molecule has 0 atom stereocenters. The molecule has 1 saturated heterocycles. The molecule has 2 heterocycles. The number of piperidine rings is 1. The molecule has 1 aliphatic rings. The van der Waals surface area contributed by atoms with E-state index in [1.165, 1.54) is 0 Å². The Hall–Kier alpha value is -0.530. The van der Waals surface area contributed by atoms with Crippen LogP contribution in [-0.4, -0.2) is 24.2 Å². The van der Waals surface area contributed by atoms with Gasteiger partial charge in [0.15, 0.2) is 0 Å². The maximum atomic E-state index is 12.6. The van der Waals surface area contributed by atoms with Gasteiger partial charge in [0.2, 0.25) is 0 Å². The predicted molar refractivity (Wildman–Crippen MR) is 72.7 cm³/mol. The maximum Gasteiger partial charge on any atom is 0.391 e. The summed E-state index contributed by atoms with van der Waals surface area (Å²) in [6.07, 6.45) is -2.02. The minimum atomic E-state index is -4.06. The monoisotopic (exact) mass is 370 g/mol. The maximum absolute atomic E-state index is 12.6. The van der Waals surface area contributed by atoms with Gasteiger partial charge in [-0.25, -0.2) is 4.98 Å². The van der Waals surface area contributed by atoms with Gasteiger partial charge in [-0.05, 0) is 48.4 Å². The van der Waals surface area contributed by atoms with Crippen molar-refractivity contribution in [2.45, 2.75) is 25.9 Å². The number of pyridine rings is 1. The molecule has 2 rings (SSSR count). The molecule has 1 aromatic rings. The number of hydrogen-bond acceptors (Lipinski definition) is 2. The lowest BCUT2D eigenvalue weighted by molar-refractivity contribution is -0.179. The van der Waals surface area contributed by atoms with Crippen molar-refractivity contribution in [1.29, 1.82) is 0 Å². The van der Waals surface area contributed by atoms with Crippen molar-refractivity contribution in [2.75, 3.05) is 18.0 Å². The average molecular weight is 370 g/mol. The van der Waals surface area contributed by atoms with Gasteiger partial charge >= 0.3 is 6.18 Å². The van der Waals surface area contributed by atoms with Gasteiger partial charge in [0.05, 0.1) is 5.92 Å². The van der Waals surface area contributed by atoms with Gasteiger partial charge in [-0.2, -0.15) is 13.2 Å². The summed E-state index contributed by atoms with van der Waals surface area (Å²) in [4.78, 5) is 6.25. The van der Waals surface area contributed by atoms with E-state index >= 15 is 0 Å². The lowest BCUT2D eigenvalue weighted by atomic mass is 9.96. The number of halogens is 4. The minimum absolute atomic E-state index is 0.163. The Kier molecular flexibility index (Phi) is 4.03. The second-order valence-electron chi connectivity index (χ2n) is 4.54. The Labute approximate surface area is 118 Å². The van der Waals surface area contributed by atoms with Crippen molar-refractivity contribution >= 4 is 28.4 Å². The van der Waals surface area contributed by atoms with Gasteiger partial charge in [-0.1, -0.05) is 0 Å². The first-order valence-electron chi connectivity index (χ1n) is 5.82. The van der Waals surface area contributed by atoms with E-state index in [-0.39, 0.29) is 12.8 Å². The van der Waals surface area contributed by atoms with Gasteiger partial charge < -0.3 is 4.90 Å². The van der Waals surface area contributed by atoms with E-state index in [2.05, 4.69) is 27.6 Å². The zero-order valence-electron chi connectivity index (χ0n) is 9.97. The lowest BCUT2D eigenvalue weighted by Gasteiger charge is -2.34. The summed E-state index contributed by atoms with van der Waals surface area (Å²) < 4.78 is 38.8. The van der Waals surface area contributed by atoms with Crippen LogP contribution < -0.4 is 4.90 Å². The molecule has 0 unspecified atom stereocenters. The van der Waals surface area contributed by atoms with E-state index < -0.39 is 12.1 Å². The summed E-state index contributed by atoms with van der Waals surface area (Å²) in [6, 6.07) is 1.90. The van der Waals surface area contributed by atoms with Crippen LogP contribution in [0.5, 0.6) is 0 Å². The van der Waals surface area contributed by atoms with Crippen LogP contribution in [0.4, 0.5) is 19.0 Å². The van der Waals surface area contributed by atoms with Gasteiger partial charge in [0.1, 0.15) is 5.82 Å². The third-order valence-corrected chi connectivity index (χ3v) is 4.54. The molecule has 0 aromatic carbocycles. The van der Waals surface area contributed by atoms with Crippen molar-refractivity contribution in [3.63, 3.8) is 0 Å². The molecule has 100 valence electrons. The summed E-state index contributed by atoms with van der Waals surface area (Å²) >= 11 is 2.22. The third-order valence-electron chi connectivity index (χ3n) is 3.37. The molecular formula is C12H14F3IN2. The van der Waals surface area contributed by atoms with Gasteiger partial charge in [0, 0.05) is 28.4 Å². The molecule has 0 saturated carbocycles. The molecule has 0 N–H and O–H groups in total. The fourth-order valence-electron chi connectivity index (χ4n) is 2.24. The second kappa shape index (κ2) is 5.22. The Morgan fingerprint density at radius 3 is 2.50 bits per heavy atom. The van der Waals surface area contributed by atoms with Gasteiger partial charge in [-0.15, -0.1) is 0 Å². The van der Waals surface area contributed by atoms with Gasteiger partial charge in [0.25, 0.3) is 0 Å². The van der Waals surface area contributed by atoms with Crippen molar-refractivity contribution in [3.05, 3.63) is 21.4 Å². The lowest BCUT2D eigenvalue weighted by Crippen LogP contribution is -2.39. The largest absolute Gasteiger partial charge is 0.391 e. The SMILES string of the molecule is Cc1c(I)ccnc1N1CCC(C(F)(F)F)CC1. The Balaban J connectivity index is 2.08. The van der Waals surface area contributed by atoms with E-state index in [0.717, 1.165) is 15.0 Å². The fourth-order valence-corrected chi connectivity index (χ4v) is 2.64. The third kappa shape index (κ3) is 2.89. The first-order valence-corrected chi connectivity index (χ1v) is 6.90. The average Bonchev–Trinajstić information content (AvgIpc) is 2.32. The first kappa shape index (κ1) is 13.9. The van der Waals surface area contributed by atoms with E-state index in [4.69, 9.17) is 0 Å². The van der Waals surface area contributed by atoms with Crippen molar-refractivity contribution in [2.24, 2.45) is 5.92 Å². The predicted octanol–water partition coefficient (Wildman–Crippen LogP) is 3.77. The highest BCUT2D eigenvalue weighted by Gasteiger charge is 2.41. The molecular weight excluding hydrogens is 356 g/mol. The summed E-state index contributed by atoms with van der Waals surface area (Å²) in [5, 5.41) is 0. The smallest absolute Gasteiger partial charge is 0.356 e. The van der Waals surface area contributed by atoms with Crippen LogP contribution in [0.3, 0.4) is 0 Å². The minimum Gasteiger partial charge on any atom is -0.356 e. The zero-order valence-corrected chi connectivity index (χ0v) is 12.1. The summed E-state index contributed by atoms with van der Waals surface area (Å²) in [5.41, 5.74) is 1.04. The van der Waals surface area contributed by atoms with Crippen LogP contribution in [-0.2, 0) is 0 Å². The van der Waals surface area contributed by atoms with E-state index in [0.29, 0.717) is 13.1 Å². The molecule has 1 aromatic heterocycles. The van der Waals surface area contributed by atoms with Crippen molar-refractivity contribution in [3.8, 4) is 0 Å². The molecule has 0 amide bonds. The number of nitrogens with zero attached hydrogens (tertiary/aromatic N) is 2. The van der Waals surface area contributed by atoms with E-state index in [1.54, 1.807) is 6.20 Å². The van der Waals surface area contributed by atoms with Crippen LogP contribution in [0.25, 0.3) is 0 Å². The number of rotatable bonds is 1. The fraction of sp³-hybridized carbons (Fsp3) is 0.583. The highest BCUT2D eigenvalue weighted by atomic mass is 127. The Bertz CT molecular complexity index is 426. The molecule has 0 aliphatic carbocycles. The molecule has 0 spiro atoms. The van der Waals surface area contributed by atoms with Crippen LogP contribution in [0.15, 0.2) is 12.3 Å². The molecule has 0 bridgehead atoms. The summed E-state index contributed by atoms with van der Waals surface area (Å²) in [5.74, 6) is -0.334. The van der Waals surface area contributed by atoms with Crippen molar-refractivity contribution in [1.82, 2.24) is 4.98 Å². The highest BCUT2D eigenvalue weighted by molar-refractivity contribution is 14.1. The van der Waals surface area contributed by atoms with Crippen LogP contribution >= 0.6 is 22.6 Å². The first-order chi connectivity index (χ1) is 8.39. The normalized spacial score (nSPS) is 18.2. The Morgan fingerprint density at radius 1 is 1.33 bits per heavy atom. The van der Waals surface area contributed by atoms with Crippen molar-refractivity contribution < 1.29 is 13.2 Å². The number of aromatic nitrogens is 1. The number of hydrogen-bond donors (Lipinski definition) is 0. The van der Waals surface area contributed by atoms with E-state index in [1.807, 2.05) is 17.9 Å². The molecule has 1 aliphatic heterocycles. The highest BCUT2D eigenvalue weighted by Crippen LogP contribution is 2.35.